The summed E-state index contributed by atoms with van der Waals surface area (Å²) in [6, 6.07) is 2.11. The van der Waals surface area contributed by atoms with Gasteiger partial charge in [0.25, 0.3) is 5.91 Å². The van der Waals surface area contributed by atoms with Gasteiger partial charge in [-0.3, -0.25) is 4.79 Å². The predicted octanol–water partition coefficient (Wildman–Crippen LogP) is 3.21. The molecule has 0 aliphatic heterocycles. The minimum atomic E-state index is -0.222. The summed E-state index contributed by atoms with van der Waals surface area (Å²) in [5, 5.41) is 8.87. The normalized spacial score (nSPS) is 11.0. The second-order valence-corrected chi connectivity index (χ2v) is 5.61. The van der Waals surface area contributed by atoms with Gasteiger partial charge in [0.2, 0.25) is 5.88 Å². The third kappa shape index (κ3) is 2.70. The lowest BCUT2D eigenvalue weighted by atomic mass is 10.1. The highest BCUT2D eigenvalue weighted by atomic mass is 32.1. The van der Waals surface area contributed by atoms with Gasteiger partial charge in [-0.2, -0.15) is 0 Å². The Morgan fingerprint density at radius 2 is 2.20 bits per heavy atom. The summed E-state index contributed by atoms with van der Waals surface area (Å²) < 4.78 is 5.02. The Balaban J connectivity index is 2.35. The van der Waals surface area contributed by atoms with Crippen molar-refractivity contribution >= 4 is 23.1 Å². The number of aromatic nitrogens is 1. The van der Waals surface area contributed by atoms with Gasteiger partial charge in [-0.15, -0.1) is 11.3 Å². The van der Waals surface area contributed by atoms with Crippen molar-refractivity contribution in [2.45, 2.75) is 39.7 Å². The number of carbonyl (C=O) groups excluding carboxylic acids is 1. The van der Waals surface area contributed by atoms with Crippen LogP contribution in [0, 0.1) is 6.92 Å². The second-order valence-electron chi connectivity index (χ2n) is 4.69. The Morgan fingerprint density at radius 3 is 2.75 bits per heavy atom. The van der Waals surface area contributed by atoms with E-state index in [2.05, 4.69) is 10.5 Å². The van der Waals surface area contributed by atoms with E-state index in [1.54, 1.807) is 0 Å². The molecular weight excluding hydrogens is 274 g/mol. The number of aryl methyl sites for hydroxylation is 1. The molecule has 2 rings (SSSR count). The number of nitrogen functional groups attached to an aromatic ring is 1. The lowest BCUT2D eigenvalue weighted by molar-refractivity contribution is 0.0936. The van der Waals surface area contributed by atoms with Gasteiger partial charge in [0.15, 0.2) is 0 Å². The summed E-state index contributed by atoms with van der Waals surface area (Å²) in [4.78, 5) is 13.3. The van der Waals surface area contributed by atoms with E-state index in [-0.39, 0.29) is 17.8 Å². The molecule has 2 aromatic heterocycles. The van der Waals surface area contributed by atoms with Crippen molar-refractivity contribution in [2.75, 3.05) is 5.73 Å². The molecule has 1 amide bonds. The molecule has 0 aliphatic rings. The number of thiophene rings is 1. The molecular formula is C14H19N3O2S. The molecule has 0 unspecified atom stereocenters. The van der Waals surface area contributed by atoms with Crippen molar-refractivity contribution in [3.63, 3.8) is 0 Å². The number of rotatable bonds is 5. The minimum absolute atomic E-state index is 0.0660. The van der Waals surface area contributed by atoms with Crippen molar-refractivity contribution in [1.82, 2.24) is 10.5 Å². The van der Waals surface area contributed by atoms with Crippen molar-refractivity contribution < 1.29 is 9.32 Å². The second kappa shape index (κ2) is 6.09. The van der Waals surface area contributed by atoms with Crippen LogP contribution in [0.1, 0.15) is 42.6 Å². The molecule has 6 heteroatoms. The Bertz CT molecular complexity index is 599. The summed E-state index contributed by atoms with van der Waals surface area (Å²) in [6.45, 7) is 6.05. The summed E-state index contributed by atoms with van der Waals surface area (Å²) in [7, 11) is 0. The topological polar surface area (TPSA) is 81.2 Å². The zero-order chi connectivity index (χ0) is 14.7. The van der Waals surface area contributed by atoms with E-state index in [4.69, 9.17) is 10.3 Å². The van der Waals surface area contributed by atoms with E-state index in [0.29, 0.717) is 11.3 Å². The summed E-state index contributed by atoms with van der Waals surface area (Å²) in [6.07, 6.45) is 1.75. The Morgan fingerprint density at radius 1 is 1.50 bits per heavy atom. The van der Waals surface area contributed by atoms with Gasteiger partial charge in [0, 0.05) is 6.04 Å². The minimum Gasteiger partial charge on any atom is -0.367 e. The molecule has 2 heterocycles. The average molecular weight is 293 g/mol. The van der Waals surface area contributed by atoms with Crippen LogP contribution in [0.15, 0.2) is 16.0 Å². The number of nitrogens with two attached hydrogens (primary N) is 1. The molecule has 0 aromatic carbocycles. The fraction of sp³-hybridized carbons (Fsp3) is 0.429. The van der Waals surface area contributed by atoms with E-state index in [0.717, 1.165) is 23.3 Å². The first-order valence-corrected chi connectivity index (χ1v) is 7.56. The summed E-state index contributed by atoms with van der Waals surface area (Å²) in [5.74, 6) is -0.156. The molecule has 0 atom stereocenters. The molecule has 0 saturated carbocycles. The standard InChI is InChI=1S/C14H19N3O2S/c1-4-9(5-2)16-14(18)10-11(17-19-13(10)15)12-8(3)6-7-20-12/h6-7,9H,4-5,15H2,1-3H3,(H,16,18). The van der Waals surface area contributed by atoms with Crippen LogP contribution in [0.2, 0.25) is 0 Å². The quantitative estimate of drug-likeness (QED) is 0.887. The van der Waals surface area contributed by atoms with Crippen LogP contribution in [0.3, 0.4) is 0 Å². The molecule has 0 aliphatic carbocycles. The van der Waals surface area contributed by atoms with E-state index in [9.17, 15) is 4.79 Å². The summed E-state index contributed by atoms with van der Waals surface area (Å²) >= 11 is 1.52. The van der Waals surface area contributed by atoms with Crippen LogP contribution in [0.4, 0.5) is 5.88 Å². The van der Waals surface area contributed by atoms with Gasteiger partial charge in [-0.25, -0.2) is 0 Å². The summed E-state index contributed by atoms with van der Waals surface area (Å²) in [5.41, 5.74) is 7.69. The zero-order valence-corrected chi connectivity index (χ0v) is 12.7. The van der Waals surface area contributed by atoms with Gasteiger partial charge >= 0.3 is 0 Å². The Hall–Kier alpha value is -1.82. The maximum Gasteiger partial charge on any atom is 0.259 e. The SMILES string of the molecule is CCC(CC)NC(=O)c1c(-c2sccc2C)noc1N. The first-order valence-electron chi connectivity index (χ1n) is 6.68. The van der Waals surface area contributed by atoms with E-state index in [1.165, 1.54) is 11.3 Å². The predicted molar refractivity (Wildman–Crippen MR) is 80.8 cm³/mol. The van der Waals surface area contributed by atoms with Crippen LogP contribution < -0.4 is 11.1 Å². The van der Waals surface area contributed by atoms with Crippen LogP contribution >= 0.6 is 11.3 Å². The Labute approximate surface area is 122 Å². The largest absolute Gasteiger partial charge is 0.367 e. The number of hydrogen-bond acceptors (Lipinski definition) is 5. The lowest BCUT2D eigenvalue weighted by Gasteiger charge is -2.14. The van der Waals surface area contributed by atoms with Crippen molar-refractivity contribution in [1.29, 1.82) is 0 Å². The molecule has 2 aromatic rings. The first kappa shape index (κ1) is 14.6. The lowest BCUT2D eigenvalue weighted by Crippen LogP contribution is -2.34. The first-order chi connectivity index (χ1) is 9.58. The third-order valence-corrected chi connectivity index (χ3v) is 4.37. The smallest absolute Gasteiger partial charge is 0.259 e. The van der Waals surface area contributed by atoms with Crippen LogP contribution in [-0.4, -0.2) is 17.1 Å². The Kier molecular flexibility index (Phi) is 4.44. The molecule has 0 fully saturated rings. The van der Waals surface area contributed by atoms with Gasteiger partial charge < -0.3 is 15.6 Å². The number of nitrogens with one attached hydrogen (secondary N) is 1. The van der Waals surface area contributed by atoms with Crippen molar-refractivity contribution in [2.24, 2.45) is 0 Å². The fourth-order valence-electron chi connectivity index (χ4n) is 2.04. The monoisotopic (exact) mass is 293 g/mol. The average Bonchev–Trinajstić information content (AvgIpc) is 3.01. The number of carbonyl (C=O) groups is 1. The number of hydrogen-bond donors (Lipinski definition) is 2. The van der Waals surface area contributed by atoms with Gasteiger partial charge in [0.1, 0.15) is 11.3 Å². The van der Waals surface area contributed by atoms with E-state index < -0.39 is 0 Å². The molecule has 20 heavy (non-hydrogen) atoms. The molecule has 3 N–H and O–H groups in total. The number of anilines is 1. The van der Waals surface area contributed by atoms with Crippen molar-refractivity contribution in [3.8, 4) is 10.6 Å². The zero-order valence-electron chi connectivity index (χ0n) is 11.9. The van der Waals surface area contributed by atoms with Crippen molar-refractivity contribution in [3.05, 3.63) is 22.6 Å². The van der Waals surface area contributed by atoms with Crippen LogP contribution in [-0.2, 0) is 0 Å². The van der Waals surface area contributed by atoms with Gasteiger partial charge in [-0.05, 0) is 36.8 Å². The van der Waals surface area contributed by atoms with Crippen LogP contribution in [0.25, 0.3) is 10.6 Å². The molecule has 5 nitrogen and oxygen atoms in total. The fourth-order valence-corrected chi connectivity index (χ4v) is 2.96. The molecule has 0 radical (unpaired) electrons. The molecule has 0 saturated heterocycles. The van der Waals surface area contributed by atoms with Gasteiger partial charge in [0.05, 0.1) is 4.88 Å². The highest BCUT2D eigenvalue weighted by molar-refractivity contribution is 7.13. The number of amides is 1. The molecule has 108 valence electrons. The molecule has 0 spiro atoms. The highest BCUT2D eigenvalue weighted by Gasteiger charge is 2.25. The highest BCUT2D eigenvalue weighted by Crippen LogP contribution is 2.33. The van der Waals surface area contributed by atoms with Crippen LogP contribution in [0.5, 0.6) is 0 Å². The van der Waals surface area contributed by atoms with Gasteiger partial charge in [-0.1, -0.05) is 19.0 Å². The van der Waals surface area contributed by atoms with E-state index >= 15 is 0 Å². The third-order valence-electron chi connectivity index (χ3n) is 3.34. The molecule has 0 bridgehead atoms. The number of nitrogens with zero attached hydrogens (tertiary/aromatic N) is 1. The van der Waals surface area contributed by atoms with E-state index in [1.807, 2.05) is 32.2 Å². The maximum absolute atomic E-state index is 12.4. The maximum atomic E-state index is 12.4.